The van der Waals surface area contributed by atoms with E-state index in [1.807, 2.05) is 12.1 Å². The van der Waals surface area contributed by atoms with E-state index in [9.17, 15) is 0 Å². The third kappa shape index (κ3) is 2.87. The van der Waals surface area contributed by atoms with Gasteiger partial charge in [-0.1, -0.05) is 0 Å². The van der Waals surface area contributed by atoms with Crippen molar-refractivity contribution in [3.63, 3.8) is 0 Å². The lowest BCUT2D eigenvalue weighted by molar-refractivity contribution is 0.324. The van der Waals surface area contributed by atoms with Crippen molar-refractivity contribution >= 4 is 0 Å². The Labute approximate surface area is 141 Å². The molecule has 0 amide bonds. The minimum Gasteiger partial charge on any atom is -0.496 e. The molecule has 0 bridgehead atoms. The van der Waals surface area contributed by atoms with Crippen molar-refractivity contribution in [3.05, 3.63) is 24.3 Å². The predicted octanol–water partition coefficient (Wildman–Crippen LogP) is 3.41. The first-order valence-corrected chi connectivity index (χ1v) is 7.25. The maximum absolute atomic E-state index is 5.58. The van der Waals surface area contributed by atoms with Crippen LogP contribution >= 0.6 is 0 Å². The van der Waals surface area contributed by atoms with E-state index in [1.54, 1.807) is 54.8 Å². The normalized spacial score (nSPS) is 10.1. The van der Waals surface area contributed by atoms with Gasteiger partial charge < -0.3 is 28.4 Å². The topological polar surface area (TPSA) is 55.4 Å². The Bertz CT molecular complexity index is 711. The summed E-state index contributed by atoms with van der Waals surface area (Å²) in [6, 6.07) is 7.26. The summed E-state index contributed by atoms with van der Waals surface area (Å²) in [5.74, 6) is 3.33. The molecule has 0 aromatic heterocycles. The fourth-order valence-electron chi connectivity index (χ4n) is 2.63. The summed E-state index contributed by atoms with van der Waals surface area (Å²) in [6.07, 6.45) is 0. The molecule has 0 aliphatic heterocycles. The lowest BCUT2D eigenvalue weighted by Crippen LogP contribution is -2.00. The summed E-state index contributed by atoms with van der Waals surface area (Å²) in [4.78, 5) is 0. The van der Waals surface area contributed by atoms with Crippen LogP contribution in [0.3, 0.4) is 0 Å². The van der Waals surface area contributed by atoms with Crippen LogP contribution in [0.1, 0.15) is 0 Å². The lowest BCUT2D eigenvalue weighted by Gasteiger charge is -2.20. The Morgan fingerprint density at radius 1 is 0.458 bits per heavy atom. The SMILES string of the molecule is COc1ccc(-c2c(OC)ccc(OC)c2OC)c(OC)c1OC. The molecule has 0 unspecified atom stereocenters. The van der Waals surface area contributed by atoms with Crippen molar-refractivity contribution in [1.29, 1.82) is 0 Å². The fraction of sp³-hybridized carbons (Fsp3) is 0.333. The molecule has 0 N–H and O–H groups in total. The molecular formula is C18H22O6. The largest absolute Gasteiger partial charge is 0.496 e. The molecule has 0 saturated heterocycles. The van der Waals surface area contributed by atoms with Crippen molar-refractivity contribution in [1.82, 2.24) is 0 Å². The second-order valence-electron chi connectivity index (χ2n) is 4.76. The van der Waals surface area contributed by atoms with E-state index in [4.69, 9.17) is 28.4 Å². The monoisotopic (exact) mass is 334 g/mol. The molecule has 6 heteroatoms. The van der Waals surface area contributed by atoms with Gasteiger partial charge in [-0.3, -0.25) is 0 Å². The zero-order valence-electron chi connectivity index (χ0n) is 14.8. The molecule has 0 saturated carbocycles. The number of methoxy groups -OCH3 is 6. The standard InChI is InChI=1S/C18H22O6/c1-19-12-9-10-13(20-2)17(23-5)15(12)11-7-8-14(21-3)18(24-6)16(11)22-4/h7-10H,1-6H3. The summed E-state index contributed by atoms with van der Waals surface area (Å²) < 4.78 is 32.8. The number of hydrogen-bond donors (Lipinski definition) is 0. The minimum absolute atomic E-state index is 0.490. The van der Waals surface area contributed by atoms with Gasteiger partial charge in [0, 0.05) is 5.56 Å². The highest BCUT2D eigenvalue weighted by Crippen LogP contribution is 2.51. The second-order valence-corrected chi connectivity index (χ2v) is 4.76. The van der Waals surface area contributed by atoms with Crippen molar-refractivity contribution in [2.75, 3.05) is 42.7 Å². The number of ether oxygens (including phenoxy) is 6. The quantitative estimate of drug-likeness (QED) is 0.773. The Kier molecular flexibility index (Phi) is 5.63. The third-order valence-electron chi connectivity index (χ3n) is 3.70. The Morgan fingerprint density at radius 2 is 0.917 bits per heavy atom. The summed E-state index contributed by atoms with van der Waals surface area (Å²) in [5, 5.41) is 0. The van der Waals surface area contributed by atoms with E-state index in [2.05, 4.69) is 0 Å². The van der Waals surface area contributed by atoms with Crippen molar-refractivity contribution < 1.29 is 28.4 Å². The van der Waals surface area contributed by atoms with Crippen LogP contribution in [0.25, 0.3) is 11.1 Å². The number of benzene rings is 2. The van der Waals surface area contributed by atoms with Crippen LogP contribution in [0.4, 0.5) is 0 Å². The van der Waals surface area contributed by atoms with E-state index in [-0.39, 0.29) is 0 Å². The molecule has 6 nitrogen and oxygen atoms in total. The molecule has 130 valence electrons. The van der Waals surface area contributed by atoms with Gasteiger partial charge in [0.15, 0.2) is 23.0 Å². The maximum atomic E-state index is 5.58. The highest BCUT2D eigenvalue weighted by Gasteiger charge is 2.24. The highest BCUT2D eigenvalue weighted by molar-refractivity contribution is 5.86. The Balaban J connectivity index is 2.85. The van der Waals surface area contributed by atoms with Gasteiger partial charge >= 0.3 is 0 Å². The van der Waals surface area contributed by atoms with Gasteiger partial charge in [0.05, 0.1) is 48.2 Å². The summed E-state index contributed by atoms with van der Waals surface area (Å²) in [5.41, 5.74) is 1.44. The molecule has 0 atom stereocenters. The van der Waals surface area contributed by atoms with E-state index < -0.39 is 0 Å². The molecule has 0 radical (unpaired) electrons. The molecule has 0 aliphatic carbocycles. The first-order chi connectivity index (χ1) is 11.7. The lowest BCUT2D eigenvalue weighted by atomic mass is 10.0. The fourth-order valence-corrected chi connectivity index (χ4v) is 2.63. The van der Waals surface area contributed by atoms with Gasteiger partial charge in [-0.2, -0.15) is 0 Å². The number of rotatable bonds is 7. The molecule has 2 aromatic carbocycles. The van der Waals surface area contributed by atoms with Crippen LogP contribution in [0.15, 0.2) is 24.3 Å². The average molecular weight is 334 g/mol. The first-order valence-electron chi connectivity index (χ1n) is 7.25. The predicted molar refractivity (Wildman–Crippen MR) is 91.2 cm³/mol. The molecule has 2 rings (SSSR count). The third-order valence-corrected chi connectivity index (χ3v) is 3.70. The average Bonchev–Trinajstić information content (AvgIpc) is 2.64. The molecule has 0 heterocycles. The maximum Gasteiger partial charge on any atom is 0.203 e. The van der Waals surface area contributed by atoms with Crippen LogP contribution in [-0.4, -0.2) is 42.7 Å². The van der Waals surface area contributed by atoms with Gasteiger partial charge in [-0.05, 0) is 24.3 Å². The van der Waals surface area contributed by atoms with Gasteiger partial charge in [-0.25, -0.2) is 0 Å². The first kappa shape index (κ1) is 17.6. The van der Waals surface area contributed by atoms with Gasteiger partial charge in [0.2, 0.25) is 5.75 Å². The molecule has 2 aromatic rings. The van der Waals surface area contributed by atoms with Crippen LogP contribution in [-0.2, 0) is 0 Å². The van der Waals surface area contributed by atoms with Gasteiger partial charge in [0.25, 0.3) is 0 Å². The zero-order valence-corrected chi connectivity index (χ0v) is 14.8. The summed E-state index contributed by atoms with van der Waals surface area (Å²) >= 11 is 0. The van der Waals surface area contributed by atoms with Crippen molar-refractivity contribution in [2.45, 2.75) is 0 Å². The highest BCUT2D eigenvalue weighted by atomic mass is 16.5. The van der Waals surface area contributed by atoms with E-state index in [1.165, 1.54) is 0 Å². The van der Waals surface area contributed by atoms with Gasteiger partial charge in [0.1, 0.15) is 5.75 Å². The van der Waals surface area contributed by atoms with E-state index in [0.29, 0.717) is 40.1 Å². The van der Waals surface area contributed by atoms with Crippen LogP contribution < -0.4 is 28.4 Å². The minimum atomic E-state index is 0.490. The molecule has 0 fully saturated rings. The molecule has 0 spiro atoms. The number of hydrogen-bond acceptors (Lipinski definition) is 6. The van der Waals surface area contributed by atoms with Crippen LogP contribution in [0, 0.1) is 0 Å². The van der Waals surface area contributed by atoms with E-state index >= 15 is 0 Å². The molecular weight excluding hydrogens is 312 g/mol. The second kappa shape index (κ2) is 7.68. The Morgan fingerprint density at radius 3 is 1.42 bits per heavy atom. The summed E-state index contributed by atoms with van der Waals surface area (Å²) in [6.45, 7) is 0. The molecule has 0 aliphatic rings. The van der Waals surface area contributed by atoms with Crippen molar-refractivity contribution in [2.24, 2.45) is 0 Å². The zero-order chi connectivity index (χ0) is 17.7. The Hall–Kier alpha value is -2.76. The van der Waals surface area contributed by atoms with E-state index in [0.717, 1.165) is 5.56 Å². The molecule has 24 heavy (non-hydrogen) atoms. The van der Waals surface area contributed by atoms with Gasteiger partial charge in [-0.15, -0.1) is 0 Å². The summed E-state index contributed by atoms with van der Waals surface area (Å²) in [7, 11) is 9.46. The van der Waals surface area contributed by atoms with Crippen LogP contribution in [0.2, 0.25) is 0 Å². The smallest absolute Gasteiger partial charge is 0.203 e. The van der Waals surface area contributed by atoms with Crippen LogP contribution in [0.5, 0.6) is 34.5 Å². The van der Waals surface area contributed by atoms with Crippen molar-refractivity contribution in [3.8, 4) is 45.6 Å².